The van der Waals surface area contributed by atoms with Crippen molar-refractivity contribution >= 4 is 37.6 Å². The summed E-state index contributed by atoms with van der Waals surface area (Å²) in [6.07, 6.45) is 4.71. The summed E-state index contributed by atoms with van der Waals surface area (Å²) in [4.78, 5) is 14.8. The maximum atomic E-state index is 12.6. The van der Waals surface area contributed by atoms with E-state index in [0.29, 0.717) is 10.9 Å². The van der Waals surface area contributed by atoms with Crippen LogP contribution in [0.1, 0.15) is 13.3 Å². The van der Waals surface area contributed by atoms with Gasteiger partial charge in [0, 0.05) is 18.9 Å². The van der Waals surface area contributed by atoms with Crippen molar-refractivity contribution in [1.82, 2.24) is 18.9 Å². The monoisotopic (exact) mass is 376 g/mol. The van der Waals surface area contributed by atoms with Crippen LogP contribution in [-0.4, -0.2) is 51.5 Å². The number of hydrogen-bond donors (Lipinski definition) is 1. The van der Waals surface area contributed by atoms with E-state index < -0.39 is 22.5 Å². The molecule has 10 heteroatoms. The third kappa shape index (κ3) is 3.22. The van der Waals surface area contributed by atoms with Crippen LogP contribution in [0, 0.1) is 0 Å². The number of rotatable bonds is 6. The van der Waals surface area contributed by atoms with Gasteiger partial charge in [0.15, 0.2) is 5.65 Å². The Morgan fingerprint density at radius 2 is 2.19 bits per heavy atom. The Bertz CT molecular complexity index is 774. The van der Waals surface area contributed by atoms with E-state index in [0.717, 1.165) is 4.31 Å². The van der Waals surface area contributed by atoms with E-state index in [-0.39, 0.29) is 17.1 Å². The lowest BCUT2D eigenvalue weighted by atomic mass is 10.5. The molecule has 0 radical (unpaired) electrons. The van der Waals surface area contributed by atoms with E-state index in [2.05, 4.69) is 26.0 Å². The SMILES string of the molecule is CCCN(CC(=O)O)S(=O)(=O)c1cnn2cc(Br)cnc12. The highest BCUT2D eigenvalue weighted by atomic mass is 79.9. The second-order valence-electron chi connectivity index (χ2n) is 4.28. The quantitative estimate of drug-likeness (QED) is 0.805. The molecule has 1 N–H and O–H groups in total. The maximum Gasteiger partial charge on any atom is 0.318 e. The summed E-state index contributed by atoms with van der Waals surface area (Å²) in [6, 6.07) is 0. The molecule has 0 unspecified atom stereocenters. The first-order valence-electron chi connectivity index (χ1n) is 6.07. The normalized spacial score (nSPS) is 12.1. The third-order valence-electron chi connectivity index (χ3n) is 2.70. The third-order valence-corrected chi connectivity index (χ3v) is 4.94. The smallest absolute Gasteiger partial charge is 0.318 e. The van der Waals surface area contributed by atoms with Gasteiger partial charge < -0.3 is 5.11 Å². The Kier molecular flexibility index (Phi) is 4.59. The van der Waals surface area contributed by atoms with E-state index >= 15 is 0 Å². The summed E-state index contributed by atoms with van der Waals surface area (Å²) in [5, 5.41) is 12.8. The van der Waals surface area contributed by atoms with Crippen molar-refractivity contribution in [3.63, 3.8) is 0 Å². The highest BCUT2D eigenvalue weighted by molar-refractivity contribution is 9.10. The Balaban J connectivity index is 2.51. The molecule has 21 heavy (non-hydrogen) atoms. The zero-order valence-electron chi connectivity index (χ0n) is 11.1. The minimum Gasteiger partial charge on any atom is -0.480 e. The van der Waals surface area contributed by atoms with Crippen LogP contribution in [0.4, 0.5) is 0 Å². The molecule has 2 rings (SSSR count). The summed E-state index contributed by atoms with van der Waals surface area (Å²) in [5.41, 5.74) is 0.157. The van der Waals surface area contributed by atoms with Gasteiger partial charge >= 0.3 is 5.97 Å². The number of aromatic nitrogens is 3. The van der Waals surface area contributed by atoms with Gasteiger partial charge in [-0.15, -0.1) is 0 Å². The van der Waals surface area contributed by atoms with Crippen molar-refractivity contribution in [2.24, 2.45) is 0 Å². The van der Waals surface area contributed by atoms with E-state index in [4.69, 9.17) is 5.11 Å². The van der Waals surface area contributed by atoms with Crippen molar-refractivity contribution in [3.05, 3.63) is 23.1 Å². The molecular formula is C11H13BrN4O4S. The summed E-state index contributed by atoms with van der Waals surface area (Å²) < 4.78 is 28.0. The Morgan fingerprint density at radius 3 is 2.81 bits per heavy atom. The van der Waals surface area contributed by atoms with E-state index in [1.165, 1.54) is 16.9 Å². The molecule has 8 nitrogen and oxygen atoms in total. The van der Waals surface area contributed by atoms with Gasteiger partial charge in [-0.3, -0.25) is 4.79 Å². The van der Waals surface area contributed by atoms with Crippen LogP contribution >= 0.6 is 15.9 Å². The highest BCUT2D eigenvalue weighted by Gasteiger charge is 2.29. The van der Waals surface area contributed by atoms with Crippen LogP contribution in [0.2, 0.25) is 0 Å². The Hall–Kier alpha value is -1.52. The molecule has 0 spiro atoms. The summed E-state index contributed by atoms with van der Waals surface area (Å²) in [5.74, 6) is -1.21. The van der Waals surface area contributed by atoms with Gasteiger partial charge in [-0.25, -0.2) is 17.9 Å². The van der Waals surface area contributed by atoms with Gasteiger partial charge in [0.1, 0.15) is 11.4 Å². The number of hydrogen-bond acceptors (Lipinski definition) is 5. The zero-order chi connectivity index (χ0) is 15.6. The summed E-state index contributed by atoms with van der Waals surface area (Å²) in [6.45, 7) is 1.29. The largest absolute Gasteiger partial charge is 0.480 e. The predicted octanol–water partition coefficient (Wildman–Crippen LogP) is 0.977. The standard InChI is InChI=1S/C11H13BrN4O4S/c1-2-3-15(7-10(17)18)21(19,20)9-5-14-16-6-8(12)4-13-11(9)16/h4-6H,2-3,7H2,1H3,(H,17,18). The topological polar surface area (TPSA) is 105 Å². The van der Waals surface area contributed by atoms with E-state index in [1.807, 2.05) is 0 Å². The minimum atomic E-state index is -3.96. The van der Waals surface area contributed by atoms with Crippen LogP contribution in [-0.2, 0) is 14.8 Å². The second-order valence-corrected chi connectivity index (χ2v) is 7.10. The number of carboxylic acid groups (broad SMARTS) is 1. The van der Waals surface area contributed by atoms with Gasteiger partial charge in [0.25, 0.3) is 0 Å². The first kappa shape index (κ1) is 15.9. The fourth-order valence-electron chi connectivity index (χ4n) is 1.84. The van der Waals surface area contributed by atoms with Crippen molar-refractivity contribution in [1.29, 1.82) is 0 Å². The molecule has 2 aromatic heterocycles. The molecule has 2 heterocycles. The van der Waals surface area contributed by atoms with Crippen LogP contribution in [0.15, 0.2) is 28.0 Å². The number of carbonyl (C=O) groups is 1. The molecule has 0 bridgehead atoms. The molecule has 0 amide bonds. The van der Waals surface area contributed by atoms with Gasteiger partial charge in [-0.2, -0.15) is 9.40 Å². The lowest BCUT2D eigenvalue weighted by Crippen LogP contribution is -2.36. The lowest BCUT2D eigenvalue weighted by molar-refractivity contribution is -0.137. The molecule has 0 saturated heterocycles. The molecule has 0 fully saturated rings. The second kappa shape index (κ2) is 6.08. The average Bonchev–Trinajstić information content (AvgIpc) is 2.81. The van der Waals surface area contributed by atoms with E-state index in [1.54, 1.807) is 13.1 Å². The number of fused-ring (bicyclic) bond motifs is 1. The zero-order valence-corrected chi connectivity index (χ0v) is 13.5. The first-order chi connectivity index (χ1) is 9.86. The van der Waals surface area contributed by atoms with Gasteiger partial charge in [-0.1, -0.05) is 6.92 Å². The highest BCUT2D eigenvalue weighted by Crippen LogP contribution is 2.21. The van der Waals surface area contributed by atoms with Crippen molar-refractivity contribution in [2.75, 3.05) is 13.1 Å². The molecule has 0 aliphatic heterocycles. The number of aliphatic carboxylic acids is 1. The fourth-order valence-corrected chi connectivity index (χ4v) is 3.67. The van der Waals surface area contributed by atoms with Crippen LogP contribution < -0.4 is 0 Å². The van der Waals surface area contributed by atoms with Crippen molar-refractivity contribution in [3.8, 4) is 0 Å². The van der Waals surface area contributed by atoms with Crippen LogP contribution in [0.5, 0.6) is 0 Å². The molecule has 0 aliphatic rings. The molecule has 0 aliphatic carbocycles. The molecule has 114 valence electrons. The molecular weight excluding hydrogens is 364 g/mol. The number of halogens is 1. The molecule has 0 atom stereocenters. The van der Waals surface area contributed by atoms with Gasteiger partial charge in [0.2, 0.25) is 10.0 Å². The summed E-state index contributed by atoms with van der Waals surface area (Å²) in [7, 11) is -3.96. The number of carboxylic acids is 1. The fraction of sp³-hybridized carbons (Fsp3) is 0.364. The van der Waals surface area contributed by atoms with Crippen molar-refractivity contribution in [2.45, 2.75) is 18.2 Å². The van der Waals surface area contributed by atoms with Gasteiger partial charge in [0.05, 0.1) is 10.7 Å². The average molecular weight is 377 g/mol. The predicted molar refractivity (Wildman–Crippen MR) is 77.4 cm³/mol. The van der Waals surface area contributed by atoms with Crippen LogP contribution in [0.25, 0.3) is 5.65 Å². The lowest BCUT2D eigenvalue weighted by Gasteiger charge is -2.18. The van der Waals surface area contributed by atoms with Crippen LogP contribution in [0.3, 0.4) is 0 Å². The molecule has 0 saturated carbocycles. The van der Waals surface area contributed by atoms with E-state index in [9.17, 15) is 13.2 Å². The molecule has 2 aromatic rings. The van der Waals surface area contributed by atoms with Crippen molar-refractivity contribution < 1.29 is 18.3 Å². The van der Waals surface area contributed by atoms with Gasteiger partial charge in [-0.05, 0) is 22.4 Å². The minimum absolute atomic E-state index is 0.107. The maximum absolute atomic E-state index is 12.6. The number of sulfonamides is 1. The Labute approximate surface area is 129 Å². The first-order valence-corrected chi connectivity index (χ1v) is 8.30. The summed E-state index contributed by atoms with van der Waals surface area (Å²) >= 11 is 3.22. The number of nitrogens with zero attached hydrogens (tertiary/aromatic N) is 4. The molecule has 0 aromatic carbocycles. The Morgan fingerprint density at radius 1 is 1.48 bits per heavy atom.